The average molecular weight is 985 g/mol. The zero-order chi connectivity index (χ0) is 51.5. The molecule has 0 N–H and O–H groups in total. The molecule has 0 aliphatic carbocycles. The lowest BCUT2D eigenvalue weighted by molar-refractivity contribution is -0.941. The largest absolute Gasteiger partial charge is 0.493 e. The van der Waals surface area contributed by atoms with Crippen molar-refractivity contribution in [3.05, 3.63) is 81.4 Å². The summed E-state index contributed by atoms with van der Waals surface area (Å²) in [5.41, 5.74) is 6.17. The summed E-state index contributed by atoms with van der Waals surface area (Å²) in [5.74, 6) is 8.16. The number of aldehydes is 1. The smallest absolute Gasteiger partial charge is 0.384 e. The van der Waals surface area contributed by atoms with Crippen LogP contribution in [0, 0.1) is 11.8 Å². The Labute approximate surface area is 416 Å². The number of ether oxygens (including phenoxy) is 12. The molecule has 2 aliphatic rings. The molecular formula is C54H68N2O15+2. The van der Waals surface area contributed by atoms with Gasteiger partial charge in [0, 0.05) is 49.5 Å². The fourth-order valence-corrected chi connectivity index (χ4v) is 10.4. The minimum atomic E-state index is -0.844. The molecule has 4 unspecified atom stereocenters. The minimum Gasteiger partial charge on any atom is -0.493 e. The van der Waals surface area contributed by atoms with Gasteiger partial charge in [-0.05, 0) is 53.1 Å². The van der Waals surface area contributed by atoms with Crippen molar-refractivity contribution in [3.8, 4) is 69.3 Å². The van der Waals surface area contributed by atoms with Crippen LogP contribution in [-0.2, 0) is 38.3 Å². The van der Waals surface area contributed by atoms with E-state index in [2.05, 4.69) is 25.9 Å². The van der Waals surface area contributed by atoms with Crippen LogP contribution >= 0.6 is 0 Å². The number of nitrogens with zero attached hydrogens (tertiary/aromatic N) is 2. The van der Waals surface area contributed by atoms with Gasteiger partial charge in [-0.15, -0.1) is 0 Å². The number of hydrogen-bond donors (Lipinski definition) is 0. The van der Waals surface area contributed by atoms with E-state index >= 15 is 0 Å². The van der Waals surface area contributed by atoms with Crippen LogP contribution in [0.15, 0.2) is 42.5 Å². The molecule has 17 nitrogen and oxygen atoms in total. The standard InChI is InChI=1S/C54H68N2O15/c1-55(23-19-35-30-43(63-6)51(66-9)53(68-11)47(35)39(55)27-34-15-16-40(60-3)41(28-34)61-4)21-13-25-70-45(58)17-18-46(59)71-26-14-22-56(2)24-20-36-31-44(64-7)52(67-10)54(69-12)48(36)49(56)37-29-38(33-57)50(65-8)42(32-37)62-5/h15-16,28-33,39,49H,13-14,19-27H2,1-12H3/q+2. The second kappa shape index (κ2) is 23.7. The van der Waals surface area contributed by atoms with Crippen LogP contribution in [0.1, 0.15) is 68.7 Å². The summed E-state index contributed by atoms with van der Waals surface area (Å²) in [4.78, 5) is 38.1. The molecule has 0 saturated heterocycles. The molecule has 0 fully saturated rings. The molecule has 4 aromatic rings. The fourth-order valence-electron chi connectivity index (χ4n) is 10.4. The number of esters is 2. The summed E-state index contributed by atoms with van der Waals surface area (Å²) in [6.07, 6.45) is 3.77. The van der Waals surface area contributed by atoms with Crippen molar-refractivity contribution in [2.24, 2.45) is 0 Å². The number of carbonyl (C=O) groups excluding carboxylic acids is 3. The number of rotatable bonds is 22. The van der Waals surface area contributed by atoms with E-state index in [0.29, 0.717) is 117 Å². The van der Waals surface area contributed by atoms with Crippen molar-refractivity contribution in [3.63, 3.8) is 0 Å². The van der Waals surface area contributed by atoms with E-state index < -0.39 is 11.9 Å². The number of benzene rings is 4. The Bertz CT molecular complexity index is 2640. The predicted octanol–water partition coefficient (Wildman–Crippen LogP) is 6.53. The van der Waals surface area contributed by atoms with Crippen molar-refractivity contribution < 1.29 is 80.2 Å². The van der Waals surface area contributed by atoms with Crippen LogP contribution in [0.3, 0.4) is 0 Å². The molecule has 382 valence electrons. The third-order valence-corrected chi connectivity index (χ3v) is 13.9. The second-order valence-electron chi connectivity index (χ2n) is 17.8. The van der Waals surface area contributed by atoms with Crippen LogP contribution < -0.4 is 47.4 Å². The van der Waals surface area contributed by atoms with E-state index in [9.17, 15) is 14.4 Å². The molecule has 0 amide bonds. The van der Waals surface area contributed by atoms with Crippen molar-refractivity contribution in [1.29, 1.82) is 0 Å². The van der Waals surface area contributed by atoms with Gasteiger partial charge in [-0.2, -0.15) is 0 Å². The van der Waals surface area contributed by atoms with E-state index in [1.807, 2.05) is 36.4 Å². The molecule has 0 spiro atoms. The lowest BCUT2D eigenvalue weighted by atomic mass is 9.84. The van der Waals surface area contributed by atoms with Gasteiger partial charge in [0.05, 0.1) is 141 Å². The molecule has 0 bridgehead atoms. The van der Waals surface area contributed by atoms with Crippen molar-refractivity contribution in [2.45, 2.75) is 44.2 Å². The molecule has 4 aromatic carbocycles. The Kier molecular flexibility index (Phi) is 17.8. The summed E-state index contributed by atoms with van der Waals surface area (Å²) in [6, 6.07) is 13.1. The molecule has 2 aliphatic heterocycles. The first kappa shape index (κ1) is 53.3. The van der Waals surface area contributed by atoms with E-state index in [1.165, 1.54) is 14.2 Å². The monoisotopic (exact) mass is 984 g/mol. The zero-order valence-corrected chi connectivity index (χ0v) is 43.1. The number of carbonyl (C=O) groups is 3. The molecule has 4 atom stereocenters. The Balaban J connectivity index is 1.12. The van der Waals surface area contributed by atoms with E-state index in [1.54, 1.807) is 62.9 Å². The molecular weight excluding hydrogens is 917 g/mol. The van der Waals surface area contributed by atoms with Crippen LogP contribution in [0.4, 0.5) is 0 Å². The number of fused-ring (bicyclic) bond motifs is 2. The van der Waals surface area contributed by atoms with Crippen LogP contribution in [-0.4, -0.2) is 152 Å². The number of hydrogen-bond acceptors (Lipinski definition) is 15. The highest BCUT2D eigenvalue weighted by Gasteiger charge is 2.45. The Morgan fingerprint density at radius 2 is 1.03 bits per heavy atom. The molecule has 0 radical (unpaired) electrons. The molecule has 17 heteroatoms. The van der Waals surface area contributed by atoms with Gasteiger partial charge in [0.25, 0.3) is 0 Å². The summed E-state index contributed by atoms with van der Waals surface area (Å²) in [6.45, 7) is 2.81. The van der Waals surface area contributed by atoms with Gasteiger partial charge in [0.15, 0.2) is 52.3 Å². The maximum Gasteiger partial charge on any atom is 0.384 e. The quantitative estimate of drug-likeness (QED) is 0.0209. The molecule has 6 rings (SSSR count). The van der Waals surface area contributed by atoms with Crippen molar-refractivity contribution in [1.82, 2.24) is 0 Å². The first-order valence-corrected chi connectivity index (χ1v) is 23.4. The highest BCUT2D eigenvalue weighted by atomic mass is 16.6. The van der Waals surface area contributed by atoms with E-state index in [-0.39, 0.29) is 25.3 Å². The number of likely N-dealkylation sites (N-methyl/N-ethyl adjacent to an activating group) is 2. The van der Waals surface area contributed by atoms with E-state index in [0.717, 1.165) is 52.6 Å². The van der Waals surface area contributed by atoms with Gasteiger partial charge in [0.2, 0.25) is 11.5 Å². The van der Waals surface area contributed by atoms with Gasteiger partial charge in [-0.1, -0.05) is 6.07 Å². The topological polar surface area (TPSA) is 162 Å². The molecule has 0 saturated carbocycles. The maximum atomic E-state index is 12.9. The first-order valence-electron chi connectivity index (χ1n) is 23.4. The summed E-state index contributed by atoms with van der Waals surface area (Å²) in [5, 5.41) is 0. The zero-order valence-electron chi connectivity index (χ0n) is 43.1. The Morgan fingerprint density at radius 3 is 1.54 bits per heavy atom. The van der Waals surface area contributed by atoms with Crippen molar-refractivity contribution >= 4 is 18.2 Å². The summed E-state index contributed by atoms with van der Waals surface area (Å²) in [7, 11) is 20.1. The normalized spacial score (nSPS) is 18.8. The van der Waals surface area contributed by atoms with Crippen molar-refractivity contribution in [2.75, 3.05) is 125 Å². The summed E-state index contributed by atoms with van der Waals surface area (Å²) < 4.78 is 69.6. The number of methoxy groups -OCH3 is 10. The third-order valence-electron chi connectivity index (χ3n) is 13.9. The van der Waals surface area contributed by atoms with Crippen LogP contribution in [0.2, 0.25) is 0 Å². The molecule has 2 heterocycles. The molecule has 71 heavy (non-hydrogen) atoms. The van der Waals surface area contributed by atoms with Gasteiger partial charge >= 0.3 is 11.9 Å². The predicted molar refractivity (Wildman–Crippen MR) is 263 cm³/mol. The SMILES string of the molecule is COc1ccc(CC2c3c(cc(OC)c(OC)c3OC)CC[N+]2(C)CCCOC(=O)C#CC(=O)OCCC[N+]2(C)CCc3cc(OC)c(OC)c(OC)c3C2c2cc(C=O)c(OC)c(OC)c2)cc1OC. The first-order chi connectivity index (χ1) is 34.2. The summed E-state index contributed by atoms with van der Waals surface area (Å²) >= 11 is 0. The maximum absolute atomic E-state index is 12.9. The van der Waals surface area contributed by atoms with Gasteiger partial charge in [0.1, 0.15) is 12.1 Å². The second-order valence-corrected chi connectivity index (χ2v) is 17.8. The fraction of sp³-hybridized carbons (Fsp3) is 0.463. The van der Waals surface area contributed by atoms with Gasteiger partial charge in [-0.25, -0.2) is 9.59 Å². The highest BCUT2D eigenvalue weighted by Crippen LogP contribution is 2.53. The lowest BCUT2D eigenvalue weighted by Crippen LogP contribution is -2.52. The number of quaternary nitrogens is 2. The minimum absolute atomic E-state index is 0.0398. The Morgan fingerprint density at radius 1 is 0.549 bits per heavy atom. The van der Waals surface area contributed by atoms with E-state index in [4.69, 9.17) is 56.8 Å². The highest BCUT2D eigenvalue weighted by molar-refractivity contribution is 5.98. The van der Waals surface area contributed by atoms with Crippen LogP contribution in [0.25, 0.3) is 0 Å². The van der Waals surface area contributed by atoms with Gasteiger partial charge in [-0.3, -0.25) is 4.79 Å². The Hall–Kier alpha value is -7.03. The lowest BCUT2D eigenvalue weighted by Gasteiger charge is -2.46. The molecule has 0 aromatic heterocycles. The average Bonchev–Trinajstić information content (AvgIpc) is 3.39. The van der Waals surface area contributed by atoms with Gasteiger partial charge < -0.3 is 65.8 Å². The third kappa shape index (κ3) is 11.1. The van der Waals surface area contributed by atoms with Crippen LogP contribution in [0.5, 0.6) is 57.5 Å².